The van der Waals surface area contributed by atoms with Crippen LogP contribution in [-0.4, -0.2) is 17.6 Å². The van der Waals surface area contributed by atoms with E-state index < -0.39 is 0 Å². The molecule has 0 aliphatic heterocycles. The molecule has 0 aliphatic rings. The lowest BCUT2D eigenvalue weighted by Gasteiger charge is -2.07. The largest absolute Gasteiger partial charge is 0.497 e. The van der Waals surface area contributed by atoms with Crippen molar-refractivity contribution in [2.45, 2.75) is 17.1 Å². The predicted molar refractivity (Wildman–Crippen MR) is 59.2 cm³/mol. The Labute approximate surface area is 92.6 Å². The van der Waals surface area contributed by atoms with Crippen LogP contribution in [0.15, 0.2) is 29.2 Å². The van der Waals surface area contributed by atoms with E-state index in [-0.39, 0.29) is 10.5 Å². The lowest BCUT2D eigenvalue weighted by atomic mass is 10.3. The van der Waals surface area contributed by atoms with Crippen LogP contribution in [-0.2, 0) is 4.79 Å². The highest BCUT2D eigenvalue weighted by Crippen LogP contribution is 2.27. The van der Waals surface area contributed by atoms with Gasteiger partial charge in [0.1, 0.15) is 5.75 Å². The second-order valence-electron chi connectivity index (χ2n) is 2.74. The Kier molecular flexibility index (Phi) is 4.29. The molecule has 76 valence electrons. The van der Waals surface area contributed by atoms with Crippen molar-refractivity contribution >= 4 is 28.6 Å². The summed E-state index contributed by atoms with van der Waals surface area (Å²) in [4.78, 5) is 11.8. The Bertz CT molecular complexity index is 328. The molecule has 0 N–H and O–H groups in total. The minimum atomic E-state index is -0.335. The molecule has 1 rings (SSSR count). The van der Waals surface area contributed by atoms with E-state index in [1.165, 1.54) is 11.8 Å². The fourth-order valence-electron chi connectivity index (χ4n) is 0.925. The monoisotopic (exact) mass is 230 g/mol. The fraction of sp³-hybridized carbons (Fsp3) is 0.300. The Hall–Kier alpha value is -0.670. The zero-order valence-electron chi connectivity index (χ0n) is 7.99. The van der Waals surface area contributed by atoms with Crippen LogP contribution in [0.25, 0.3) is 0 Å². The molecule has 0 spiro atoms. The molecular formula is C10H11ClO2S. The molecule has 0 saturated heterocycles. The molecule has 1 aromatic carbocycles. The van der Waals surface area contributed by atoms with Gasteiger partial charge in [-0.2, -0.15) is 0 Å². The minimum Gasteiger partial charge on any atom is -0.497 e. The molecule has 0 radical (unpaired) electrons. The van der Waals surface area contributed by atoms with Gasteiger partial charge in [0.2, 0.25) is 5.24 Å². The molecule has 0 aromatic heterocycles. The van der Waals surface area contributed by atoms with Gasteiger partial charge in [-0.05, 0) is 36.7 Å². The van der Waals surface area contributed by atoms with Gasteiger partial charge in [0.05, 0.1) is 12.4 Å². The van der Waals surface area contributed by atoms with Gasteiger partial charge in [-0.25, -0.2) is 0 Å². The van der Waals surface area contributed by atoms with Gasteiger partial charge in [0, 0.05) is 4.90 Å². The molecule has 0 aliphatic carbocycles. The number of ether oxygens (including phenoxy) is 1. The van der Waals surface area contributed by atoms with Crippen LogP contribution in [0.3, 0.4) is 0 Å². The first kappa shape index (κ1) is 11.4. The number of benzene rings is 1. The summed E-state index contributed by atoms with van der Waals surface area (Å²) in [6, 6.07) is 7.54. The van der Waals surface area contributed by atoms with Crippen LogP contribution in [0.4, 0.5) is 0 Å². The van der Waals surface area contributed by atoms with Crippen molar-refractivity contribution in [3.8, 4) is 5.75 Å². The molecule has 0 bridgehead atoms. The lowest BCUT2D eigenvalue weighted by Crippen LogP contribution is -2.04. The molecule has 0 heterocycles. The predicted octanol–water partition coefficient (Wildman–Crippen LogP) is 2.94. The summed E-state index contributed by atoms with van der Waals surface area (Å²) in [5, 5.41) is -0.568. The molecule has 0 saturated carbocycles. The van der Waals surface area contributed by atoms with E-state index in [2.05, 4.69) is 0 Å². The molecule has 0 amide bonds. The number of carbonyl (C=O) groups is 1. The molecule has 1 atom stereocenters. The molecule has 4 heteroatoms. The van der Waals surface area contributed by atoms with Crippen LogP contribution in [0.5, 0.6) is 5.75 Å². The number of thioether (sulfide) groups is 1. The first-order valence-corrected chi connectivity index (χ1v) is 5.39. The smallest absolute Gasteiger partial charge is 0.234 e. The molecule has 0 fully saturated rings. The van der Waals surface area contributed by atoms with Crippen LogP contribution >= 0.6 is 23.4 Å². The maximum atomic E-state index is 10.8. The molecule has 2 nitrogen and oxygen atoms in total. The molecule has 14 heavy (non-hydrogen) atoms. The van der Waals surface area contributed by atoms with Crippen molar-refractivity contribution in [2.24, 2.45) is 0 Å². The summed E-state index contributed by atoms with van der Waals surface area (Å²) >= 11 is 6.78. The number of rotatable bonds is 4. The molecular weight excluding hydrogens is 220 g/mol. The third kappa shape index (κ3) is 3.24. The van der Waals surface area contributed by atoms with Gasteiger partial charge in [0.15, 0.2) is 0 Å². The van der Waals surface area contributed by atoms with Crippen LogP contribution in [0.2, 0.25) is 0 Å². The van der Waals surface area contributed by atoms with Crippen LogP contribution < -0.4 is 4.74 Å². The van der Waals surface area contributed by atoms with Crippen molar-refractivity contribution in [3.63, 3.8) is 0 Å². The number of carbonyl (C=O) groups excluding carboxylic acids is 1. The summed E-state index contributed by atoms with van der Waals surface area (Å²) in [5.41, 5.74) is 0. The third-order valence-corrected chi connectivity index (χ3v) is 3.22. The van der Waals surface area contributed by atoms with Gasteiger partial charge in [-0.15, -0.1) is 11.8 Å². The second-order valence-corrected chi connectivity index (χ2v) is 4.53. The zero-order valence-corrected chi connectivity index (χ0v) is 9.56. The van der Waals surface area contributed by atoms with Gasteiger partial charge in [0.25, 0.3) is 0 Å². The highest BCUT2D eigenvalue weighted by atomic mass is 35.5. The molecule has 1 aromatic rings. The van der Waals surface area contributed by atoms with E-state index in [1.807, 2.05) is 24.3 Å². The van der Waals surface area contributed by atoms with Gasteiger partial charge < -0.3 is 4.74 Å². The number of hydrogen-bond acceptors (Lipinski definition) is 3. The Morgan fingerprint density at radius 3 is 2.86 bits per heavy atom. The maximum Gasteiger partial charge on any atom is 0.234 e. The van der Waals surface area contributed by atoms with Crippen molar-refractivity contribution in [2.75, 3.05) is 7.11 Å². The second kappa shape index (κ2) is 5.27. The average molecular weight is 231 g/mol. The summed E-state index contributed by atoms with van der Waals surface area (Å²) in [6.07, 6.45) is 0. The van der Waals surface area contributed by atoms with Crippen molar-refractivity contribution in [1.29, 1.82) is 0 Å². The summed E-state index contributed by atoms with van der Waals surface area (Å²) in [7, 11) is 1.61. The first-order valence-electron chi connectivity index (χ1n) is 4.13. The summed E-state index contributed by atoms with van der Waals surface area (Å²) < 4.78 is 5.07. The normalized spacial score (nSPS) is 12.2. The third-order valence-electron chi connectivity index (χ3n) is 1.67. The van der Waals surface area contributed by atoms with Crippen LogP contribution in [0, 0.1) is 0 Å². The highest BCUT2D eigenvalue weighted by Gasteiger charge is 2.11. The van der Waals surface area contributed by atoms with Crippen molar-refractivity contribution < 1.29 is 9.53 Å². The Morgan fingerprint density at radius 2 is 2.29 bits per heavy atom. The van der Waals surface area contributed by atoms with Gasteiger partial charge in [-0.3, -0.25) is 4.79 Å². The highest BCUT2D eigenvalue weighted by molar-refractivity contribution is 8.00. The minimum absolute atomic E-state index is 0.233. The SMILES string of the molecule is COc1cccc(SC(C)C(=O)Cl)c1. The Morgan fingerprint density at radius 1 is 1.57 bits per heavy atom. The maximum absolute atomic E-state index is 10.8. The Balaban J connectivity index is 2.71. The van der Waals surface area contributed by atoms with E-state index in [0.29, 0.717) is 0 Å². The van der Waals surface area contributed by atoms with E-state index in [0.717, 1.165) is 10.6 Å². The summed E-state index contributed by atoms with van der Waals surface area (Å²) in [5.74, 6) is 0.782. The standard InChI is InChI=1S/C10H11ClO2S/c1-7(10(11)12)14-9-5-3-4-8(6-9)13-2/h3-7H,1-2H3. The lowest BCUT2D eigenvalue weighted by molar-refractivity contribution is -0.111. The average Bonchev–Trinajstić information content (AvgIpc) is 2.18. The van der Waals surface area contributed by atoms with Gasteiger partial charge in [-0.1, -0.05) is 6.07 Å². The van der Waals surface area contributed by atoms with E-state index in [1.54, 1.807) is 14.0 Å². The van der Waals surface area contributed by atoms with E-state index in [4.69, 9.17) is 16.3 Å². The topological polar surface area (TPSA) is 26.3 Å². The van der Waals surface area contributed by atoms with Crippen molar-refractivity contribution in [3.05, 3.63) is 24.3 Å². The number of halogens is 1. The number of hydrogen-bond donors (Lipinski definition) is 0. The zero-order chi connectivity index (χ0) is 10.6. The first-order chi connectivity index (χ1) is 6.63. The van der Waals surface area contributed by atoms with Crippen molar-refractivity contribution in [1.82, 2.24) is 0 Å². The van der Waals surface area contributed by atoms with Crippen LogP contribution in [0.1, 0.15) is 6.92 Å². The quantitative estimate of drug-likeness (QED) is 0.588. The van der Waals surface area contributed by atoms with E-state index >= 15 is 0 Å². The number of methoxy groups -OCH3 is 1. The van der Waals surface area contributed by atoms with E-state index in [9.17, 15) is 4.79 Å². The van der Waals surface area contributed by atoms with Gasteiger partial charge >= 0.3 is 0 Å². The fourth-order valence-corrected chi connectivity index (χ4v) is 1.90. The molecule has 1 unspecified atom stereocenters. The summed E-state index contributed by atoms with van der Waals surface area (Å²) in [6.45, 7) is 1.78.